The second-order valence-corrected chi connectivity index (χ2v) is 4.30. The Hall–Kier alpha value is -0.160. The normalized spacial score (nSPS) is 52.2. The SMILES string of the molecule is CC1(C)OC[C@@H]2OC[C@H]3O[C@H]3[C@H]2O1. The van der Waals surface area contributed by atoms with Gasteiger partial charge >= 0.3 is 0 Å². The summed E-state index contributed by atoms with van der Waals surface area (Å²) < 4.78 is 22.2. The van der Waals surface area contributed by atoms with Gasteiger partial charge in [-0.15, -0.1) is 0 Å². The van der Waals surface area contributed by atoms with Crippen molar-refractivity contribution in [3.8, 4) is 0 Å². The Morgan fingerprint density at radius 3 is 2.77 bits per heavy atom. The maximum Gasteiger partial charge on any atom is 0.163 e. The van der Waals surface area contributed by atoms with Crippen molar-refractivity contribution in [2.24, 2.45) is 0 Å². The van der Waals surface area contributed by atoms with Crippen LogP contribution in [0.4, 0.5) is 0 Å². The molecule has 0 aliphatic carbocycles. The molecule has 3 aliphatic rings. The highest BCUT2D eigenvalue weighted by molar-refractivity contribution is 5.01. The number of epoxide rings is 1. The van der Waals surface area contributed by atoms with Gasteiger partial charge in [-0.2, -0.15) is 0 Å². The van der Waals surface area contributed by atoms with Gasteiger partial charge in [-0.25, -0.2) is 0 Å². The van der Waals surface area contributed by atoms with Gasteiger partial charge in [-0.05, 0) is 13.8 Å². The molecule has 0 aromatic rings. The molecule has 13 heavy (non-hydrogen) atoms. The van der Waals surface area contributed by atoms with E-state index in [9.17, 15) is 0 Å². The van der Waals surface area contributed by atoms with Crippen LogP contribution < -0.4 is 0 Å². The first-order valence-electron chi connectivity index (χ1n) is 4.74. The third-order valence-corrected chi connectivity index (χ3v) is 2.80. The number of ether oxygens (including phenoxy) is 4. The van der Waals surface area contributed by atoms with Crippen molar-refractivity contribution in [3.05, 3.63) is 0 Å². The number of hydrogen-bond acceptors (Lipinski definition) is 4. The molecule has 0 radical (unpaired) electrons. The van der Waals surface area contributed by atoms with E-state index >= 15 is 0 Å². The molecule has 3 heterocycles. The molecule has 74 valence electrons. The molecule has 0 N–H and O–H groups in total. The molecule has 0 aromatic heterocycles. The molecule has 4 atom stereocenters. The molecule has 4 heteroatoms. The van der Waals surface area contributed by atoms with Crippen LogP contribution in [0, 0.1) is 0 Å². The molecule has 3 rings (SSSR count). The summed E-state index contributed by atoms with van der Waals surface area (Å²) in [6, 6.07) is 0. The minimum Gasteiger partial charge on any atom is -0.370 e. The molecule has 0 aromatic carbocycles. The minimum atomic E-state index is -0.488. The molecule has 4 nitrogen and oxygen atoms in total. The first-order valence-corrected chi connectivity index (χ1v) is 4.74. The zero-order valence-electron chi connectivity index (χ0n) is 7.86. The summed E-state index contributed by atoms with van der Waals surface area (Å²) >= 11 is 0. The molecule has 0 bridgehead atoms. The molecule has 0 spiro atoms. The quantitative estimate of drug-likeness (QED) is 0.510. The van der Waals surface area contributed by atoms with Gasteiger partial charge in [0.25, 0.3) is 0 Å². The topological polar surface area (TPSA) is 40.2 Å². The zero-order chi connectivity index (χ0) is 9.05. The van der Waals surface area contributed by atoms with Gasteiger partial charge in [-0.3, -0.25) is 0 Å². The van der Waals surface area contributed by atoms with Gasteiger partial charge in [0.15, 0.2) is 5.79 Å². The van der Waals surface area contributed by atoms with E-state index in [0.29, 0.717) is 13.2 Å². The summed E-state index contributed by atoms with van der Waals surface area (Å²) in [6.07, 6.45) is 0.663. The van der Waals surface area contributed by atoms with Crippen LogP contribution in [0.3, 0.4) is 0 Å². The fraction of sp³-hybridized carbons (Fsp3) is 1.00. The predicted octanol–water partition coefficient (Wildman–Crippen LogP) is 0.304. The van der Waals surface area contributed by atoms with Gasteiger partial charge < -0.3 is 18.9 Å². The minimum absolute atomic E-state index is 0.0665. The zero-order valence-corrected chi connectivity index (χ0v) is 7.86. The molecule has 0 unspecified atom stereocenters. The Morgan fingerprint density at radius 2 is 1.92 bits per heavy atom. The standard InChI is InChI=1S/C9H14O4/c1-9(2)11-4-5-8(13-9)7-6(12-7)3-10-5/h5-8H,3-4H2,1-2H3/t5-,6+,7+,8-/m0/s1. The van der Waals surface area contributed by atoms with E-state index in [2.05, 4.69) is 0 Å². The first kappa shape index (κ1) is 8.17. The van der Waals surface area contributed by atoms with E-state index in [1.54, 1.807) is 0 Å². The highest BCUT2D eigenvalue weighted by Gasteiger charge is 2.56. The Balaban J connectivity index is 1.77. The summed E-state index contributed by atoms with van der Waals surface area (Å²) in [4.78, 5) is 0. The van der Waals surface area contributed by atoms with Crippen molar-refractivity contribution in [1.82, 2.24) is 0 Å². The van der Waals surface area contributed by atoms with Crippen molar-refractivity contribution in [3.63, 3.8) is 0 Å². The smallest absolute Gasteiger partial charge is 0.163 e. The van der Waals surface area contributed by atoms with Crippen molar-refractivity contribution in [2.45, 2.75) is 44.1 Å². The van der Waals surface area contributed by atoms with Crippen LogP contribution in [0.15, 0.2) is 0 Å². The van der Waals surface area contributed by atoms with E-state index in [4.69, 9.17) is 18.9 Å². The number of fused-ring (bicyclic) bond motifs is 3. The largest absolute Gasteiger partial charge is 0.370 e. The Bertz CT molecular complexity index is 228. The molecule has 3 fully saturated rings. The van der Waals surface area contributed by atoms with Crippen LogP contribution in [0.1, 0.15) is 13.8 Å². The fourth-order valence-electron chi connectivity index (χ4n) is 2.03. The molecule has 3 aliphatic heterocycles. The van der Waals surface area contributed by atoms with Crippen molar-refractivity contribution in [2.75, 3.05) is 13.2 Å². The van der Waals surface area contributed by atoms with Crippen LogP contribution in [0.25, 0.3) is 0 Å². The first-order chi connectivity index (χ1) is 6.16. The van der Waals surface area contributed by atoms with E-state index in [-0.39, 0.29) is 24.4 Å². The van der Waals surface area contributed by atoms with Crippen molar-refractivity contribution in [1.29, 1.82) is 0 Å². The van der Waals surface area contributed by atoms with Gasteiger partial charge in [0, 0.05) is 0 Å². The van der Waals surface area contributed by atoms with Gasteiger partial charge in [0.05, 0.1) is 13.2 Å². The molecular formula is C9H14O4. The Kier molecular flexibility index (Phi) is 1.54. The van der Waals surface area contributed by atoms with E-state index in [0.717, 1.165) is 0 Å². The van der Waals surface area contributed by atoms with E-state index in [1.165, 1.54) is 0 Å². The Morgan fingerprint density at radius 1 is 1.08 bits per heavy atom. The highest BCUT2D eigenvalue weighted by Crippen LogP contribution is 2.39. The van der Waals surface area contributed by atoms with Crippen molar-refractivity contribution >= 4 is 0 Å². The third-order valence-electron chi connectivity index (χ3n) is 2.80. The second kappa shape index (κ2) is 2.45. The monoisotopic (exact) mass is 186 g/mol. The lowest BCUT2D eigenvalue weighted by Gasteiger charge is -2.41. The average molecular weight is 186 g/mol. The number of hydrogen-bond donors (Lipinski definition) is 0. The van der Waals surface area contributed by atoms with Crippen molar-refractivity contribution < 1.29 is 18.9 Å². The third kappa shape index (κ3) is 1.29. The molecule has 0 saturated carbocycles. The van der Waals surface area contributed by atoms with Crippen LogP contribution in [-0.2, 0) is 18.9 Å². The maximum absolute atomic E-state index is 5.76. The average Bonchev–Trinajstić information content (AvgIpc) is 2.81. The molecular weight excluding hydrogens is 172 g/mol. The summed E-state index contributed by atoms with van der Waals surface area (Å²) in [7, 11) is 0. The molecule has 3 saturated heterocycles. The summed E-state index contributed by atoms with van der Waals surface area (Å²) in [5.41, 5.74) is 0. The highest BCUT2D eigenvalue weighted by atomic mass is 16.8. The Labute approximate surface area is 77.1 Å². The lowest BCUT2D eigenvalue weighted by atomic mass is 10.0. The maximum atomic E-state index is 5.76. The lowest BCUT2D eigenvalue weighted by Crippen LogP contribution is -2.54. The summed E-state index contributed by atoms with van der Waals surface area (Å²) in [5, 5.41) is 0. The second-order valence-electron chi connectivity index (χ2n) is 4.30. The van der Waals surface area contributed by atoms with Crippen LogP contribution in [-0.4, -0.2) is 43.4 Å². The summed E-state index contributed by atoms with van der Waals surface area (Å²) in [6.45, 7) is 5.16. The van der Waals surface area contributed by atoms with Crippen LogP contribution in [0.2, 0.25) is 0 Å². The lowest BCUT2D eigenvalue weighted by molar-refractivity contribution is -0.316. The van der Waals surface area contributed by atoms with Gasteiger partial charge in [0.1, 0.15) is 24.4 Å². The van der Waals surface area contributed by atoms with Gasteiger partial charge in [0.2, 0.25) is 0 Å². The number of rotatable bonds is 0. The summed E-state index contributed by atoms with van der Waals surface area (Å²) in [5.74, 6) is -0.488. The molecule has 0 amide bonds. The van der Waals surface area contributed by atoms with E-state index < -0.39 is 5.79 Å². The van der Waals surface area contributed by atoms with Crippen LogP contribution >= 0.6 is 0 Å². The predicted molar refractivity (Wildman–Crippen MR) is 43.3 cm³/mol. The van der Waals surface area contributed by atoms with Crippen LogP contribution in [0.5, 0.6) is 0 Å². The fourth-order valence-corrected chi connectivity index (χ4v) is 2.03. The van der Waals surface area contributed by atoms with E-state index in [1.807, 2.05) is 13.8 Å². The van der Waals surface area contributed by atoms with Gasteiger partial charge in [-0.1, -0.05) is 0 Å².